The van der Waals surface area contributed by atoms with Crippen LogP contribution in [-0.2, 0) is 16.0 Å². The number of hydrogen-bond acceptors (Lipinski definition) is 3. The highest BCUT2D eigenvalue weighted by molar-refractivity contribution is 9.10. The molecule has 0 unspecified atom stereocenters. The highest BCUT2D eigenvalue weighted by atomic mass is 79.9. The minimum Gasteiger partial charge on any atom is -0.321 e. The van der Waals surface area contributed by atoms with Gasteiger partial charge in [-0.15, -0.1) is 0 Å². The summed E-state index contributed by atoms with van der Waals surface area (Å²) in [7, 11) is 0. The van der Waals surface area contributed by atoms with Crippen molar-refractivity contribution in [1.29, 1.82) is 0 Å². The van der Waals surface area contributed by atoms with Crippen LogP contribution in [0.4, 0.5) is 11.4 Å². The number of para-hydroxylation sites is 2. The van der Waals surface area contributed by atoms with Gasteiger partial charge in [0.1, 0.15) is 5.69 Å². The van der Waals surface area contributed by atoms with E-state index >= 15 is 0 Å². The van der Waals surface area contributed by atoms with E-state index in [0.29, 0.717) is 23.3 Å². The molecule has 0 radical (unpaired) electrons. The number of aryl methyl sites for hydroxylation is 1. The summed E-state index contributed by atoms with van der Waals surface area (Å²) in [6.45, 7) is 1.97. The molecule has 0 aliphatic carbocycles. The van der Waals surface area contributed by atoms with Crippen LogP contribution in [0.2, 0.25) is 0 Å². The molecule has 1 aromatic heterocycles. The smallest absolute Gasteiger partial charge is 0.321 e. The van der Waals surface area contributed by atoms with Gasteiger partial charge in [-0.2, -0.15) is 0 Å². The minimum atomic E-state index is -0.893. The second-order valence-corrected chi connectivity index (χ2v) is 8.21. The minimum absolute atomic E-state index is 0.182. The molecule has 3 amide bonds. The van der Waals surface area contributed by atoms with Crippen LogP contribution in [0.25, 0.3) is 10.9 Å². The number of benzene rings is 3. The van der Waals surface area contributed by atoms with Crippen LogP contribution in [0.15, 0.2) is 83.3 Å². The average molecular weight is 505 g/mol. The Balaban J connectivity index is 1.63. The van der Waals surface area contributed by atoms with Crippen molar-refractivity contribution >= 4 is 55.9 Å². The molecule has 1 heterocycles. The summed E-state index contributed by atoms with van der Waals surface area (Å²) in [6, 6.07) is 23.3. The molecule has 0 spiro atoms. The Bertz CT molecular complexity index is 1350. The van der Waals surface area contributed by atoms with Crippen molar-refractivity contribution in [3.63, 3.8) is 0 Å². The molecule has 4 rings (SSSR count). The second-order valence-electron chi connectivity index (χ2n) is 7.29. The van der Waals surface area contributed by atoms with Gasteiger partial charge in [0.05, 0.1) is 5.52 Å². The molecule has 0 fully saturated rings. The first-order valence-corrected chi connectivity index (χ1v) is 11.1. The van der Waals surface area contributed by atoms with E-state index in [9.17, 15) is 14.4 Å². The lowest BCUT2D eigenvalue weighted by Crippen LogP contribution is -2.36. The predicted molar refractivity (Wildman–Crippen MR) is 133 cm³/mol. The van der Waals surface area contributed by atoms with E-state index in [0.717, 1.165) is 15.4 Å². The monoisotopic (exact) mass is 504 g/mol. The SMILES string of the molecule is CCc1ccccc1NC(=O)C(=O)Nn1c(C(=O)Nc2ccccc2)cc2cc(Br)ccc21. The topological polar surface area (TPSA) is 92.2 Å². The number of fused-ring (bicyclic) bond motifs is 1. The Hall–Kier alpha value is -3.91. The number of hydrogen-bond donors (Lipinski definition) is 3. The molecule has 4 aromatic rings. The first-order valence-electron chi connectivity index (χ1n) is 10.3. The van der Waals surface area contributed by atoms with Crippen LogP contribution in [0, 0.1) is 0 Å². The Morgan fingerprint density at radius 1 is 0.848 bits per heavy atom. The van der Waals surface area contributed by atoms with Gasteiger partial charge < -0.3 is 10.6 Å². The van der Waals surface area contributed by atoms with Crippen molar-refractivity contribution in [2.45, 2.75) is 13.3 Å². The number of anilines is 2. The van der Waals surface area contributed by atoms with Gasteiger partial charge in [-0.05, 0) is 54.4 Å². The molecule has 7 nitrogen and oxygen atoms in total. The maximum atomic E-state index is 13.0. The van der Waals surface area contributed by atoms with Gasteiger partial charge in [-0.25, -0.2) is 4.68 Å². The van der Waals surface area contributed by atoms with Crippen molar-refractivity contribution < 1.29 is 14.4 Å². The van der Waals surface area contributed by atoms with Gasteiger partial charge in [-0.3, -0.25) is 19.8 Å². The van der Waals surface area contributed by atoms with Crippen LogP contribution < -0.4 is 16.1 Å². The third kappa shape index (κ3) is 4.96. The maximum Gasteiger partial charge on any atom is 0.328 e. The van der Waals surface area contributed by atoms with E-state index in [1.54, 1.807) is 42.5 Å². The molecule has 0 bridgehead atoms. The van der Waals surface area contributed by atoms with E-state index in [1.807, 2.05) is 43.3 Å². The molecule has 3 N–H and O–H groups in total. The summed E-state index contributed by atoms with van der Waals surface area (Å²) in [5.74, 6) is -2.15. The predicted octanol–water partition coefficient (Wildman–Crippen LogP) is 4.93. The fourth-order valence-corrected chi connectivity index (χ4v) is 3.85. The lowest BCUT2D eigenvalue weighted by Gasteiger charge is -2.13. The van der Waals surface area contributed by atoms with Gasteiger partial charge in [0, 0.05) is 21.2 Å². The fourth-order valence-electron chi connectivity index (χ4n) is 3.47. The van der Waals surface area contributed by atoms with Gasteiger partial charge in [0.2, 0.25) is 0 Å². The van der Waals surface area contributed by atoms with Crippen LogP contribution in [0.1, 0.15) is 23.0 Å². The van der Waals surface area contributed by atoms with E-state index in [1.165, 1.54) is 4.68 Å². The number of carbonyl (C=O) groups excluding carboxylic acids is 3. The normalized spacial score (nSPS) is 10.6. The number of nitrogens with one attached hydrogen (secondary N) is 3. The molecule has 0 atom stereocenters. The summed E-state index contributed by atoms with van der Waals surface area (Å²) in [5, 5.41) is 6.18. The van der Waals surface area contributed by atoms with Crippen molar-refractivity contribution in [2.24, 2.45) is 0 Å². The van der Waals surface area contributed by atoms with Gasteiger partial charge in [0.25, 0.3) is 5.91 Å². The van der Waals surface area contributed by atoms with Crippen LogP contribution in [0.3, 0.4) is 0 Å². The van der Waals surface area contributed by atoms with Crippen molar-refractivity contribution in [2.75, 3.05) is 16.1 Å². The lowest BCUT2D eigenvalue weighted by molar-refractivity contribution is -0.133. The molecule has 3 aromatic carbocycles. The van der Waals surface area contributed by atoms with E-state index in [2.05, 4.69) is 32.0 Å². The number of nitrogens with zero attached hydrogens (tertiary/aromatic N) is 1. The third-order valence-electron chi connectivity index (χ3n) is 5.09. The quantitative estimate of drug-likeness (QED) is 0.336. The maximum absolute atomic E-state index is 13.0. The number of rotatable bonds is 5. The number of aromatic nitrogens is 1. The summed E-state index contributed by atoms with van der Waals surface area (Å²) >= 11 is 3.42. The highest BCUT2D eigenvalue weighted by Gasteiger charge is 2.21. The Kier molecular flexibility index (Phi) is 6.55. The zero-order valence-corrected chi connectivity index (χ0v) is 19.3. The number of halogens is 1. The molecule has 0 aliphatic rings. The number of carbonyl (C=O) groups is 3. The van der Waals surface area contributed by atoms with Gasteiger partial charge in [0.15, 0.2) is 0 Å². The van der Waals surface area contributed by atoms with Crippen LogP contribution in [-0.4, -0.2) is 22.4 Å². The zero-order valence-electron chi connectivity index (χ0n) is 17.8. The van der Waals surface area contributed by atoms with Crippen molar-refractivity contribution in [3.8, 4) is 0 Å². The second kappa shape index (κ2) is 9.70. The molecule has 0 aliphatic heterocycles. The molecule has 33 heavy (non-hydrogen) atoms. The highest BCUT2D eigenvalue weighted by Crippen LogP contribution is 2.24. The molecule has 0 saturated heterocycles. The van der Waals surface area contributed by atoms with Crippen molar-refractivity contribution in [3.05, 3.63) is 94.6 Å². The summed E-state index contributed by atoms with van der Waals surface area (Å²) in [4.78, 5) is 38.4. The van der Waals surface area contributed by atoms with Crippen LogP contribution >= 0.6 is 15.9 Å². The zero-order chi connectivity index (χ0) is 23.4. The van der Waals surface area contributed by atoms with E-state index in [-0.39, 0.29) is 5.69 Å². The number of amides is 3. The first-order chi connectivity index (χ1) is 16.0. The Morgan fingerprint density at radius 3 is 2.33 bits per heavy atom. The van der Waals surface area contributed by atoms with Crippen molar-refractivity contribution in [1.82, 2.24) is 4.68 Å². The van der Waals surface area contributed by atoms with Crippen LogP contribution in [0.5, 0.6) is 0 Å². The van der Waals surface area contributed by atoms with E-state index < -0.39 is 17.7 Å². The average Bonchev–Trinajstić information content (AvgIpc) is 3.17. The summed E-state index contributed by atoms with van der Waals surface area (Å²) in [5.41, 5.74) is 5.42. The molecular formula is C25H21BrN4O3. The van der Waals surface area contributed by atoms with E-state index in [4.69, 9.17) is 0 Å². The lowest BCUT2D eigenvalue weighted by atomic mass is 10.1. The Labute approximate surface area is 198 Å². The fraction of sp³-hybridized carbons (Fsp3) is 0.0800. The van der Waals surface area contributed by atoms with Gasteiger partial charge in [-0.1, -0.05) is 59.3 Å². The molecule has 0 saturated carbocycles. The largest absolute Gasteiger partial charge is 0.328 e. The molecule has 166 valence electrons. The summed E-state index contributed by atoms with van der Waals surface area (Å²) in [6.07, 6.45) is 0.707. The first kappa shape index (κ1) is 22.3. The molecular weight excluding hydrogens is 484 g/mol. The Morgan fingerprint density at radius 2 is 1.58 bits per heavy atom. The standard InChI is InChI=1S/C25H21BrN4O3/c1-2-16-8-6-7-11-20(16)28-24(32)25(33)29-30-21-13-12-18(26)14-17(21)15-22(30)23(31)27-19-9-4-3-5-10-19/h3-15H,2H2,1H3,(H,27,31)(H,28,32)(H,29,33). The van der Waals surface area contributed by atoms with Gasteiger partial charge >= 0.3 is 11.8 Å². The third-order valence-corrected chi connectivity index (χ3v) is 5.59. The molecule has 8 heteroatoms. The summed E-state index contributed by atoms with van der Waals surface area (Å²) < 4.78 is 2.15.